The van der Waals surface area contributed by atoms with Gasteiger partial charge in [0.05, 0.1) is 11.2 Å². The van der Waals surface area contributed by atoms with E-state index >= 15 is 0 Å². The first-order chi connectivity index (χ1) is 17.9. The lowest BCUT2D eigenvalue weighted by Crippen LogP contribution is -2.55. The lowest BCUT2D eigenvalue weighted by atomic mass is 9.43. The number of esters is 1. The van der Waals surface area contributed by atoms with Crippen molar-refractivity contribution in [2.75, 3.05) is 0 Å². The number of carbonyl (C=O) groups excluding carboxylic acids is 1. The normalized spacial score (nSPS) is 42.1. The fourth-order valence-corrected chi connectivity index (χ4v) is 10.3. The SMILES string of the molecule is CC(C)[C@H](CC[C@@H](C)[C@H]1CC[C@H]2[C@@H]3CC[C@H]4C[C@@](C)(O)CC[C@]4(C)[C@H]3CC[C@]12C)OC(=O)c1ccccc1. The molecular weight excluding hydrogens is 468 g/mol. The van der Waals surface area contributed by atoms with Crippen LogP contribution in [0, 0.1) is 52.3 Å². The molecule has 4 aliphatic rings. The van der Waals surface area contributed by atoms with E-state index in [1.165, 1.54) is 44.9 Å². The third kappa shape index (κ3) is 5.11. The van der Waals surface area contributed by atoms with Gasteiger partial charge in [-0.2, -0.15) is 0 Å². The van der Waals surface area contributed by atoms with Gasteiger partial charge in [-0.15, -0.1) is 0 Å². The number of hydrogen-bond acceptors (Lipinski definition) is 3. The molecule has 0 bridgehead atoms. The van der Waals surface area contributed by atoms with E-state index in [1.54, 1.807) is 0 Å². The van der Waals surface area contributed by atoms with Crippen molar-refractivity contribution in [3.05, 3.63) is 35.9 Å². The molecule has 3 nitrogen and oxygen atoms in total. The summed E-state index contributed by atoms with van der Waals surface area (Å²) in [5.41, 5.74) is 1.10. The second kappa shape index (κ2) is 10.6. The molecule has 212 valence electrons. The Labute approximate surface area is 232 Å². The third-order valence-corrected chi connectivity index (χ3v) is 12.6. The average Bonchev–Trinajstić information content (AvgIpc) is 3.24. The molecule has 0 amide bonds. The first-order valence-corrected chi connectivity index (χ1v) is 15.9. The number of ether oxygens (including phenoxy) is 1. The standard InChI is InChI=1S/C35H54O3/c1-23(2)31(38-32(36)25-10-8-7-9-11-25)17-12-24(3)28-15-16-29-27-14-13-26-22-33(4,37)20-21-34(26,5)30(27)18-19-35(28,29)6/h7-11,23-24,26-31,37H,12-22H2,1-6H3/t24-,26+,27+,28-,29+,30+,31+,33+,34+,35-/m1/s1. The summed E-state index contributed by atoms with van der Waals surface area (Å²) in [7, 11) is 0. The van der Waals surface area contributed by atoms with Gasteiger partial charge in [-0.25, -0.2) is 4.79 Å². The van der Waals surface area contributed by atoms with E-state index in [2.05, 4.69) is 41.5 Å². The molecule has 0 radical (unpaired) electrons. The van der Waals surface area contributed by atoms with Crippen LogP contribution in [0.1, 0.15) is 123 Å². The molecule has 4 fully saturated rings. The summed E-state index contributed by atoms with van der Waals surface area (Å²) in [5, 5.41) is 10.8. The number of rotatable bonds is 7. The Morgan fingerprint density at radius 2 is 1.61 bits per heavy atom. The zero-order valence-corrected chi connectivity index (χ0v) is 25.0. The minimum Gasteiger partial charge on any atom is -0.459 e. The monoisotopic (exact) mass is 522 g/mol. The maximum atomic E-state index is 12.8. The van der Waals surface area contributed by atoms with Crippen molar-refractivity contribution in [3.63, 3.8) is 0 Å². The second-order valence-corrected chi connectivity index (χ2v) is 15.2. The number of aliphatic hydroxyl groups is 1. The van der Waals surface area contributed by atoms with Gasteiger partial charge in [-0.1, -0.05) is 52.8 Å². The topological polar surface area (TPSA) is 46.5 Å². The van der Waals surface area contributed by atoms with Crippen LogP contribution in [0.5, 0.6) is 0 Å². The van der Waals surface area contributed by atoms with Crippen LogP contribution >= 0.6 is 0 Å². The van der Waals surface area contributed by atoms with Gasteiger partial charge in [0.25, 0.3) is 0 Å². The fourth-order valence-electron chi connectivity index (χ4n) is 10.3. The molecule has 0 aliphatic heterocycles. The first kappa shape index (κ1) is 28.2. The van der Waals surface area contributed by atoms with E-state index in [0.717, 1.165) is 49.4 Å². The van der Waals surface area contributed by atoms with Crippen molar-refractivity contribution in [2.24, 2.45) is 52.3 Å². The summed E-state index contributed by atoms with van der Waals surface area (Å²) < 4.78 is 6.03. The lowest BCUT2D eigenvalue weighted by molar-refractivity contribution is -0.148. The molecule has 1 aromatic carbocycles. The summed E-state index contributed by atoms with van der Waals surface area (Å²) in [6.45, 7) is 14.2. The largest absolute Gasteiger partial charge is 0.459 e. The summed E-state index contributed by atoms with van der Waals surface area (Å²) in [4.78, 5) is 12.8. The predicted molar refractivity (Wildman–Crippen MR) is 155 cm³/mol. The maximum Gasteiger partial charge on any atom is 0.338 e. The Kier molecular flexibility index (Phi) is 7.84. The van der Waals surface area contributed by atoms with E-state index in [4.69, 9.17) is 4.74 Å². The number of hydrogen-bond donors (Lipinski definition) is 1. The Morgan fingerprint density at radius 3 is 2.32 bits per heavy atom. The molecule has 0 saturated heterocycles. The van der Waals surface area contributed by atoms with E-state index in [0.29, 0.717) is 34.1 Å². The summed E-state index contributed by atoms with van der Waals surface area (Å²) in [6.07, 6.45) is 13.5. The van der Waals surface area contributed by atoms with Crippen LogP contribution in [-0.2, 0) is 4.74 Å². The highest BCUT2D eigenvalue weighted by molar-refractivity contribution is 5.89. The Hall–Kier alpha value is -1.35. The molecule has 0 unspecified atom stereocenters. The number of benzene rings is 1. The van der Waals surface area contributed by atoms with Crippen LogP contribution in [0.4, 0.5) is 0 Å². The van der Waals surface area contributed by atoms with Crippen LogP contribution < -0.4 is 0 Å². The molecule has 0 heterocycles. The van der Waals surface area contributed by atoms with Crippen LogP contribution in [0.2, 0.25) is 0 Å². The average molecular weight is 523 g/mol. The second-order valence-electron chi connectivity index (χ2n) is 15.2. The minimum atomic E-state index is -0.447. The van der Waals surface area contributed by atoms with Gasteiger partial charge >= 0.3 is 5.97 Å². The summed E-state index contributed by atoms with van der Waals surface area (Å²) in [6, 6.07) is 9.44. The fraction of sp³-hybridized carbons (Fsp3) is 0.800. The highest BCUT2D eigenvalue weighted by Gasteiger charge is 2.61. The molecule has 10 atom stereocenters. The van der Waals surface area contributed by atoms with E-state index < -0.39 is 5.60 Å². The van der Waals surface area contributed by atoms with Crippen molar-refractivity contribution < 1.29 is 14.6 Å². The zero-order chi connectivity index (χ0) is 27.3. The molecule has 4 aliphatic carbocycles. The van der Waals surface area contributed by atoms with Crippen molar-refractivity contribution in [3.8, 4) is 0 Å². The van der Waals surface area contributed by atoms with Gasteiger partial charge in [-0.3, -0.25) is 0 Å². The van der Waals surface area contributed by atoms with Crippen molar-refractivity contribution in [1.29, 1.82) is 0 Å². The van der Waals surface area contributed by atoms with Gasteiger partial charge in [0.1, 0.15) is 6.10 Å². The van der Waals surface area contributed by atoms with E-state index in [-0.39, 0.29) is 12.1 Å². The molecule has 5 rings (SSSR count). The molecular formula is C35H54O3. The Balaban J connectivity index is 1.22. The quantitative estimate of drug-likeness (QED) is 0.364. The summed E-state index contributed by atoms with van der Waals surface area (Å²) >= 11 is 0. The van der Waals surface area contributed by atoms with Gasteiger partial charge < -0.3 is 9.84 Å². The molecule has 38 heavy (non-hydrogen) atoms. The van der Waals surface area contributed by atoms with Crippen molar-refractivity contribution in [2.45, 2.75) is 124 Å². The minimum absolute atomic E-state index is 0.0235. The van der Waals surface area contributed by atoms with E-state index in [9.17, 15) is 9.90 Å². The van der Waals surface area contributed by atoms with Crippen LogP contribution in [-0.4, -0.2) is 22.8 Å². The number of fused-ring (bicyclic) bond motifs is 5. The number of carbonyl (C=O) groups is 1. The molecule has 0 spiro atoms. The van der Waals surface area contributed by atoms with Gasteiger partial charge in [0.15, 0.2) is 0 Å². The van der Waals surface area contributed by atoms with Gasteiger partial charge in [-0.05, 0) is 142 Å². The Morgan fingerprint density at radius 1 is 0.895 bits per heavy atom. The van der Waals surface area contributed by atoms with E-state index in [1.807, 2.05) is 30.3 Å². The van der Waals surface area contributed by atoms with Gasteiger partial charge in [0.2, 0.25) is 0 Å². The molecule has 0 aromatic heterocycles. The Bertz CT molecular complexity index is 969. The summed E-state index contributed by atoms with van der Waals surface area (Å²) in [5.74, 6) is 4.89. The first-order valence-electron chi connectivity index (χ1n) is 15.9. The van der Waals surface area contributed by atoms with Gasteiger partial charge in [0, 0.05) is 0 Å². The van der Waals surface area contributed by atoms with Crippen molar-refractivity contribution >= 4 is 5.97 Å². The smallest absolute Gasteiger partial charge is 0.338 e. The predicted octanol–water partition coefficient (Wildman–Crippen LogP) is 8.69. The highest BCUT2D eigenvalue weighted by Crippen LogP contribution is 2.68. The molecule has 1 N–H and O–H groups in total. The third-order valence-electron chi connectivity index (χ3n) is 12.6. The van der Waals surface area contributed by atoms with Crippen molar-refractivity contribution in [1.82, 2.24) is 0 Å². The lowest BCUT2D eigenvalue weighted by Gasteiger charge is -2.62. The van der Waals surface area contributed by atoms with Crippen LogP contribution in [0.15, 0.2) is 30.3 Å². The maximum absolute atomic E-state index is 12.8. The molecule has 1 aromatic rings. The molecule has 4 saturated carbocycles. The zero-order valence-electron chi connectivity index (χ0n) is 25.0. The highest BCUT2D eigenvalue weighted by atomic mass is 16.5. The molecule has 3 heteroatoms. The van der Waals surface area contributed by atoms with Crippen LogP contribution in [0.3, 0.4) is 0 Å². The van der Waals surface area contributed by atoms with Crippen LogP contribution in [0.25, 0.3) is 0 Å².